The van der Waals surface area contributed by atoms with Gasteiger partial charge < -0.3 is 9.47 Å². The monoisotopic (exact) mass is 488 g/mol. The van der Waals surface area contributed by atoms with E-state index in [0.29, 0.717) is 29.3 Å². The standard InChI is InChI=1S/C31H28N4O2/c1-21(2)28-29(27(18-33)26-15-22(3)14-25(16-26)17-32)34-31(37-20-24-12-8-5-9-13-24)35-30(28)36-19-23-10-6-4-7-11-23/h4-16,21,27H,19-20H2,1-3H3. The fourth-order valence-electron chi connectivity index (χ4n) is 4.17. The molecule has 37 heavy (non-hydrogen) atoms. The molecular formula is C31H28N4O2. The molecule has 4 rings (SSSR count). The minimum Gasteiger partial charge on any atom is -0.472 e. The van der Waals surface area contributed by atoms with E-state index in [9.17, 15) is 10.5 Å². The van der Waals surface area contributed by atoms with Crippen LogP contribution < -0.4 is 9.47 Å². The molecule has 0 amide bonds. The molecular weight excluding hydrogens is 460 g/mol. The lowest BCUT2D eigenvalue weighted by Crippen LogP contribution is -2.14. The zero-order valence-corrected chi connectivity index (χ0v) is 21.2. The Morgan fingerprint density at radius 2 is 1.43 bits per heavy atom. The van der Waals surface area contributed by atoms with E-state index in [4.69, 9.17) is 14.5 Å². The van der Waals surface area contributed by atoms with Crippen molar-refractivity contribution in [3.8, 4) is 24.0 Å². The molecule has 0 saturated carbocycles. The van der Waals surface area contributed by atoms with E-state index in [1.54, 1.807) is 12.1 Å². The lowest BCUT2D eigenvalue weighted by atomic mass is 9.88. The van der Waals surface area contributed by atoms with Gasteiger partial charge >= 0.3 is 6.01 Å². The number of hydrogen-bond acceptors (Lipinski definition) is 6. The van der Waals surface area contributed by atoms with Crippen LogP contribution in [0.5, 0.6) is 11.9 Å². The molecule has 6 heteroatoms. The third-order valence-electron chi connectivity index (χ3n) is 5.89. The van der Waals surface area contributed by atoms with E-state index in [1.165, 1.54) is 0 Å². The van der Waals surface area contributed by atoms with Crippen LogP contribution in [0.15, 0.2) is 78.9 Å². The van der Waals surface area contributed by atoms with Crippen LogP contribution in [0.4, 0.5) is 0 Å². The van der Waals surface area contributed by atoms with Gasteiger partial charge in [0.2, 0.25) is 5.88 Å². The number of nitrogens with zero attached hydrogens (tertiary/aromatic N) is 4. The van der Waals surface area contributed by atoms with Gasteiger partial charge in [0.25, 0.3) is 0 Å². The van der Waals surface area contributed by atoms with Gasteiger partial charge in [0.05, 0.1) is 23.4 Å². The number of hydrogen-bond donors (Lipinski definition) is 0. The molecule has 3 aromatic carbocycles. The Labute approximate surface area is 217 Å². The molecule has 0 spiro atoms. The number of nitriles is 2. The van der Waals surface area contributed by atoms with Gasteiger partial charge in [0, 0.05) is 5.56 Å². The van der Waals surface area contributed by atoms with Gasteiger partial charge in [-0.1, -0.05) is 80.6 Å². The highest BCUT2D eigenvalue weighted by atomic mass is 16.5. The normalized spacial score (nSPS) is 11.4. The molecule has 6 nitrogen and oxygen atoms in total. The highest BCUT2D eigenvalue weighted by Gasteiger charge is 2.27. The van der Waals surface area contributed by atoms with Crippen molar-refractivity contribution in [1.82, 2.24) is 9.97 Å². The maximum absolute atomic E-state index is 10.3. The molecule has 1 aromatic heterocycles. The number of aryl methyl sites for hydroxylation is 1. The summed E-state index contributed by atoms with van der Waals surface area (Å²) in [5.41, 5.74) is 5.33. The smallest absolute Gasteiger partial charge is 0.320 e. The summed E-state index contributed by atoms with van der Waals surface area (Å²) < 4.78 is 12.2. The summed E-state index contributed by atoms with van der Waals surface area (Å²) in [5, 5.41) is 19.8. The molecule has 0 aliphatic carbocycles. The second-order valence-corrected chi connectivity index (χ2v) is 9.12. The lowest BCUT2D eigenvalue weighted by molar-refractivity contribution is 0.254. The predicted molar refractivity (Wildman–Crippen MR) is 141 cm³/mol. The quantitative estimate of drug-likeness (QED) is 0.264. The largest absolute Gasteiger partial charge is 0.472 e. The highest BCUT2D eigenvalue weighted by molar-refractivity contribution is 5.48. The van der Waals surface area contributed by atoms with E-state index in [2.05, 4.69) is 17.1 Å². The summed E-state index contributed by atoms with van der Waals surface area (Å²) in [6, 6.07) is 29.8. The molecule has 0 aliphatic heterocycles. The molecule has 0 N–H and O–H groups in total. The second kappa shape index (κ2) is 11.8. The van der Waals surface area contributed by atoms with Crippen LogP contribution in [-0.4, -0.2) is 9.97 Å². The molecule has 0 bridgehead atoms. The molecule has 0 radical (unpaired) electrons. The van der Waals surface area contributed by atoms with Gasteiger partial charge in [-0.2, -0.15) is 20.5 Å². The van der Waals surface area contributed by atoms with Crippen molar-refractivity contribution < 1.29 is 9.47 Å². The summed E-state index contributed by atoms with van der Waals surface area (Å²) >= 11 is 0. The minimum absolute atomic E-state index is 0.0277. The minimum atomic E-state index is -0.731. The average molecular weight is 489 g/mol. The van der Waals surface area contributed by atoms with Crippen molar-refractivity contribution >= 4 is 0 Å². The summed E-state index contributed by atoms with van der Waals surface area (Å²) in [7, 11) is 0. The van der Waals surface area contributed by atoms with Gasteiger partial charge in [0.15, 0.2) is 0 Å². The van der Waals surface area contributed by atoms with Crippen molar-refractivity contribution in [3.05, 3.63) is 118 Å². The van der Waals surface area contributed by atoms with Gasteiger partial charge in [-0.25, -0.2) is 0 Å². The SMILES string of the molecule is Cc1cc(C#N)cc(C(C#N)c2nc(OCc3ccccc3)nc(OCc3ccccc3)c2C(C)C)c1. The highest BCUT2D eigenvalue weighted by Crippen LogP contribution is 2.37. The first kappa shape index (κ1) is 25.4. The topological polar surface area (TPSA) is 91.8 Å². The zero-order valence-electron chi connectivity index (χ0n) is 21.2. The number of aromatic nitrogens is 2. The number of rotatable bonds is 9. The first-order valence-corrected chi connectivity index (χ1v) is 12.1. The first-order valence-electron chi connectivity index (χ1n) is 12.1. The number of benzene rings is 3. The lowest BCUT2D eigenvalue weighted by Gasteiger charge is -2.21. The Balaban J connectivity index is 1.80. The summed E-state index contributed by atoms with van der Waals surface area (Å²) in [5.74, 6) is -0.370. The van der Waals surface area contributed by atoms with Crippen molar-refractivity contribution in [3.63, 3.8) is 0 Å². The van der Waals surface area contributed by atoms with Gasteiger partial charge in [-0.3, -0.25) is 0 Å². The van der Waals surface area contributed by atoms with E-state index >= 15 is 0 Å². The van der Waals surface area contributed by atoms with E-state index in [0.717, 1.165) is 22.3 Å². The van der Waals surface area contributed by atoms with Crippen LogP contribution in [0.3, 0.4) is 0 Å². The first-order chi connectivity index (χ1) is 18.0. The fourth-order valence-corrected chi connectivity index (χ4v) is 4.17. The summed E-state index contributed by atoms with van der Waals surface area (Å²) in [6.45, 7) is 6.54. The van der Waals surface area contributed by atoms with Crippen molar-refractivity contribution in [2.24, 2.45) is 0 Å². The van der Waals surface area contributed by atoms with Crippen LogP contribution in [0.25, 0.3) is 0 Å². The van der Waals surface area contributed by atoms with Crippen molar-refractivity contribution in [2.45, 2.75) is 45.8 Å². The van der Waals surface area contributed by atoms with E-state index in [-0.39, 0.29) is 18.5 Å². The van der Waals surface area contributed by atoms with Crippen molar-refractivity contribution in [2.75, 3.05) is 0 Å². The van der Waals surface area contributed by atoms with Crippen LogP contribution in [0.1, 0.15) is 64.8 Å². The molecule has 0 saturated heterocycles. The Morgan fingerprint density at radius 3 is 2.00 bits per heavy atom. The molecule has 184 valence electrons. The zero-order chi connectivity index (χ0) is 26.2. The Bertz CT molecular complexity index is 1440. The maximum Gasteiger partial charge on any atom is 0.320 e. The molecule has 0 aliphatic rings. The molecule has 1 atom stereocenters. The third-order valence-corrected chi connectivity index (χ3v) is 5.89. The van der Waals surface area contributed by atoms with E-state index in [1.807, 2.05) is 87.5 Å². The van der Waals surface area contributed by atoms with Crippen LogP contribution in [0.2, 0.25) is 0 Å². The predicted octanol–water partition coefficient (Wildman–Crippen LogP) is 6.59. The van der Waals surface area contributed by atoms with Gasteiger partial charge in [-0.05, 0) is 47.2 Å². The Morgan fingerprint density at radius 1 is 0.811 bits per heavy atom. The molecule has 1 unspecified atom stereocenters. The van der Waals surface area contributed by atoms with Crippen LogP contribution in [0, 0.1) is 29.6 Å². The fraction of sp³-hybridized carbons (Fsp3) is 0.226. The second-order valence-electron chi connectivity index (χ2n) is 9.12. The molecule has 1 heterocycles. The van der Waals surface area contributed by atoms with Crippen molar-refractivity contribution in [1.29, 1.82) is 10.5 Å². The van der Waals surface area contributed by atoms with Gasteiger partial charge in [0.1, 0.15) is 19.1 Å². The maximum atomic E-state index is 10.3. The van der Waals surface area contributed by atoms with Gasteiger partial charge in [-0.15, -0.1) is 0 Å². The Kier molecular flexibility index (Phi) is 8.13. The molecule has 0 fully saturated rings. The average Bonchev–Trinajstić information content (AvgIpc) is 2.91. The van der Waals surface area contributed by atoms with Crippen LogP contribution >= 0.6 is 0 Å². The van der Waals surface area contributed by atoms with Crippen LogP contribution in [-0.2, 0) is 13.2 Å². The van der Waals surface area contributed by atoms with E-state index < -0.39 is 5.92 Å². The summed E-state index contributed by atoms with van der Waals surface area (Å²) in [6.07, 6.45) is 0. The number of ether oxygens (including phenoxy) is 2. The summed E-state index contributed by atoms with van der Waals surface area (Å²) in [4.78, 5) is 9.37. The molecule has 4 aromatic rings. The Hall–Kier alpha value is -4.68. The third kappa shape index (κ3) is 6.31.